The molecule has 2 bridgehead atoms. The number of ether oxygens (including phenoxy) is 1. The molecule has 5 aliphatic rings. The zero-order valence-electron chi connectivity index (χ0n) is 19.8. The van der Waals surface area contributed by atoms with Crippen LogP contribution in [0.5, 0.6) is 11.5 Å². The minimum atomic E-state index is -3.42. The van der Waals surface area contributed by atoms with Gasteiger partial charge in [0.15, 0.2) is 0 Å². The number of amides is 1. The summed E-state index contributed by atoms with van der Waals surface area (Å²) in [4.78, 5) is 14.0. The first-order valence-electron chi connectivity index (χ1n) is 12.9. The van der Waals surface area contributed by atoms with Gasteiger partial charge in [-0.3, -0.25) is 9.69 Å². The fourth-order valence-corrected chi connectivity index (χ4v) is 8.97. The highest BCUT2D eigenvalue weighted by atomic mass is 32.2. The number of unbranched alkanes of at least 4 members (excludes halogenated alkanes) is 1. The van der Waals surface area contributed by atoms with Crippen LogP contribution >= 0.6 is 0 Å². The summed E-state index contributed by atoms with van der Waals surface area (Å²) >= 11 is 0. The first-order chi connectivity index (χ1) is 16.4. The molecule has 1 aromatic rings. The number of piperidine rings is 1. The second-order valence-corrected chi connectivity index (χ2v) is 12.9. The molecule has 3 aliphatic carbocycles. The number of nitrogens with zero attached hydrogens (tertiary/aromatic N) is 1. The van der Waals surface area contributed by atoms with Gasteiger partial charge in [0, 0.05) is 35.2 Å². The number of benzene rings is 1. The lowest BCUT2D eigenvalue weighted by Gasteiger charge is -2.59. The van der Waals surface area contributed by atoms with E-state index in [0.29, 0.717) is 36.2 Å². The lowest BCUT2D eigenvalue weighted by molar-refractivity contribution is -0.105. The average Bonchev–Trinajstić information content (AvgIpc) is 3.55. The van der Waals surface area contributed by atoms with Gasteiger partial charge in [0.1, 0.15) is 17.6 Å². The van der Waals surface area contributed by atoms with Gasteiger partial charge < -0.3 is 15.2 Å². The number of phenols is 1. The molecule has 1 aromatic carbocycles. The highest BCUT2D eigenvalue weighted by Crippen LogP contribution is 2.65. The van der Waals surface area contributed by atoms with Crippen LogP contribution in [0.4, 0.5) is 5.69 Å². The van der Waals surface area contributed by atoms with Crippen LogP contribution in [-0.4, -0.2) is 61.9 Å². The van der Waals surface area contributed by atoms with Crippen molar-refractivity contribution in [2.24, 2.45) is 11.8 Å². The number of hydrogen-bond acceptors (Lipinski definition) is 6. The van der Waals surface area contributed by atoms with Gasteiger partial charge in [-0.1, -0.05) is 13.3 Å². The second-order valence-electron chi connectivity index (χ2n) is 11.0. The molecule has 6 rings (SSSR count). The highest BCUT2D eigenvalue weighted by molar-refractivity contribution is 7.89. The second kappa shape index (κ2) is 8.10. The maximum Gasteiger partial charge on any atom is 0.211 e. The Morgan fingerprint density at radius 1 is 1.29 bits per heavy atom. The Balaban J connectivity index is 1.43. The van der Waals surface area contributed by atoms with Crippen LogP contribution in [0.25, 0.3) is 0 Å². The third kappa shape index (κ3) is 3.38. The van der Waals surface area contributed by atoms with Gasteiger partial charge >= 0.3 is 0 Å². The summed E-state index contributed by atoms with van der Waals surface area (Å²) in [5.74, 6) is 2.09. The van der Waals surface area contributed by atoms with E-state index in [9.17, 15) is 18.3 Å². The van der Waals surface area contributed by atoms with Gasteiger partial charge in [0.25, 0.3) is 0 Å². The number of anilines is 1. The van der Waals surface area contributed by atoms with Gasteiger partial charge in [0.2, 0.25) is 16.4 Å². The van der Waals surface area contributed by atoms with E-state index in [2.05, 4.69) is 14.9 Å². The zero-order chi connectivity index (χ0) is 23.7. The average molecular weight is 490 g/mol. The molecule has 2 heterocycles. The fraction of sp³-hybridized carbons (Fsp3) is 0.720. The van der Waals surface area contributed by atoms with Crippen LogP contribution < -0.4 is 14.8 Å². The first-order valence-corrected chi connectivity index (χ1v) is 14.5. The van der Waals surface area contributed by atoms with E-state index in [0.717, 1.165) is 62.2 Å². The fourth-order valence-electron chi connectivity index (χ4n) is 7.48. The van der Waals surface area contributed by atoms with Crippen LogP contribution in [0.3, 0.4) is 0 Å². The molecule has 0 aromatic heterocycles. The van der Waals surface area contributed by atoms with Crippen molar-refractivity contribution in [2.45, 2.75) is 81.9 Å². The Kier molecular flexibility index (Phi) is 5.39. The quantitative estimate of drug-likeness (QED) is 0.460. The van der Waals surface area contributed by atoms with E-state index in [1.807, 2.05) is 6.92 Å². The molecule has 2 saturated carbocycles. The molecular formula is C25H35N3O5S. The van der Waals surface area contributed by atoms with Crippen molar-refractivity contribution in [3.8, 4) is 11.5 Å². The Bertz CT molecular complexity index is 1100. The van der Waals surface area contributed by atoms with E-state index in [1.54, 1.807) is 6.07 Å². The summed E-state index contributed by atoms with van der Waals surface area (Å²) in [6.07, 6.45) is 7.65. The number of rotatable bonds is 9. The molecular weight excluding hydrogens is 454 g/mol. The first kappa shape index (κ1) is 22.6. The molecule has 34 heavy (non-hydrogen) atoms. The van der Waals surface area contributed by atoms with E-state index in [-0.39, 0.29) is 29.1 Å². The maximum absolute atomic E-state index is 12.9. The van der Waals surface area contributed by atoms with Gasteiger partial charge in [0.05, 0.1) is 17.5 Å². The van der Waals surface area contributed by atoms with Crippen LogP contribution in [-0.2, 0) is 26.7 Å². The smallest absolute Gasteiger partial charge is 0.211 e. The summed E-state index contributed by atoms with van der Waals surface area (Å²) in [5, 5.41) is 13.8. The van der Waals surface area contributed by atoms with Gasteiger partial charge in [-0.2, -0.15) is 0 Å². The van der Waals surface area contributed by atoms with Crippen molar-refractivity contribution >= 4 is 22.1 Å². The van der Waals surface area contributed by atoms with Crippen molar-refractivity contribution in [1.29, 1.82) is 0 Å². The van der Waals surface area contributed by atoms with Crippen LogP contribution in [0.1, 0.15) is 63.0 Å². The number of likely N-dealkylation sites (tertiary alicyclic amines) is 1. The van der Waals surface area contributed by atoms with Gasteiger partial charge in [-0.25, -0.2) is 13.1 Å². The number of sulfonamides is 1. The van der Waals surface area contributed by atoms with Crippen molar-refractivity contribution in [3.63, 3.8) is 0 Å². The third-order valence-electron chi connectivity index (χ3n) is 9.06. The van der Waals surface area contributed by atoms with E-state index < -0.39 is 10.0 Å². The lowest BCUT2D eigenvalue weighted by atomic mass is 9.51. The Morgan fingerprint density at radius 3 is 2.85 bits per heavy atom. The Labute approximate surface area is 201 Å². The molecule has 3 fully saturated rings. The van der Waals surface area contributed by atoms with Crippen molar-refractivity contribution in [3.05, 3.63) is 17.2 Å². The van der Waals surface area contributed by atoms with Crippen molar-refractivity contribution in [1.82, 2.24) is 9.62 Å². The maximum atomic E-state index is 12.9. The number of carbonyl (C=O) groups excluding carboxylic acids is 1. The molecule has 9 heteroatoms. The molecule has 186 valence electrons. The zero-order valence-corrected chi connectivity index (χ0v) is 20.6. The summed E-state index contributed by atoms with van der Waals surface area (Å²) in [7, 11) is -3.42. The molecule has 1 spiro atoms. The summed E-state index contributed by atoms with van der Waals surface area (Å²) in [6, 6.07) is 1.60. The Morgan fingerprint density at radius 2 is 2.12 bits per heavy atom. The minimum absolute atomic E-state index is 0.123. The molecule has 1 amide bonds. The molecule has 8 nitrogen and oxygen atoms in total. The topological polar surface area (TPSA) is 108 Å². The van der Waals surface area contributed by atoms with Gasteiger partial charge in [-0.05, 0) is 63.3 Å². The lowest BCUT2D eigenvalue weighted by Crippen LogP contribution is -2.69. The molecule has 2 aliphatic heterocycles. The van der Waals surface area contributed by atoms with E-state index >= 15 is 0 Å². The minimum Gasteiger partial charge on any atom is -0.508 e. The normalized spacial score (nSPS) is 33.8. The molecule has 1 saturated heterocycles. The summed E-state index contributed by atoms with van der Waals surface area (Å²) in [6.45, 7) is 4.06. The van der Waals surface area contributed by atoms with Gasteiger partial charge in [-0.15, -0.1) is 0 Å². The van der Waals surface area contributed by atoms with Crippen molar-refractivity contribution < 1.29 is 23.1 Å². The number of hydrogen-bond donors (Lipinski definition) is 3. The summed E-state index contributed by atoms with van der Waals surface area (Å²) < 4.78 is 35.4. The van der Waals surface area contributed by atoms with Crippen LogP contribution in [0, 0.1) is 11.8 Å². The third-order valence-corrected chi connectivity index (χ3v) is 10.5. The van der Waals surface area contributed by atoms with Crippen molar-refractivity contribution in [2.75, 3.05) is 24.2 Å². The number of phenolic OH excluding ortho intramolecular Hbond substituents is 1. The number of aromatic hydroxyl groups is 1. The van der Waals surface area contributed by atoms with Crippen LogP contribution in [0.15, 0.2) is 6.07 Å². The van der Waals surface area contributed by atoms with E-state index in [1.165, 1.54) is 12.8 Å². The summed E-state index contributed by atoms with van der Waals surface area (Å²) in [5.41, 5.74) is 2.07. The standard InChI is InChI=1S/C25H35N3O5S/c1-2-3-10-34(31,32)27-18-7-6-17-20-11-16-21(30)12-19(26-14-29)23-22(16)25(17,24(18)33-23)8-9-28(20)13-15-4-5-15/h12,14-15,17-18,20,24,27,30H,2-11,13H2,1H3,(H,26,29)/t17-,18+,20+,24-,25-/m0/s1. The number of carbonyl (C=O) groups is 1. The molecule has 0 unspecified atom stereocenters. The predicted molar refractivity (Wildman–Crippen MR) is 129 cm³/mol. The largest absolute Gasteiger partial charge is 0.508 e. The molecule has 5 atom stereocenters. The SMILES string of the molecule is CCCCS(=O)(=O)N[C@@H]1CC[C@H]2[C@H]3Cc4c(O)cc(NC=O)c5c4[C@@]2(CCN3CC2CC2)[C@H]1O5. The molecule has 3 N–H and O–H groups in total. The van der Waals surface area contributed by atoms with Crippen LogP contribution in [0.2, 0.25) is 0 Å². The Hall–Kier alpha value is -1.84. The molecule has 0 radical (unpaired) electrons. The highest BCUT2D eigenvalue weighted by Gasteiger charge is 2.66. The predicted octanol–water partition coefficient (Wildman–Crippen LogP) is 2.50. The van der Waals surface area contributed by atoms with E-state index in [4.69, 9.17) is 4.74 Å². The number of nitrogens with one attached hydrogen (secondary N) is 2. The monoisotopic (exact) mass is 489 g/mol.